The Labute approximate surface area is 82.6 Å². The van der Waals surface area contributed by atoms with Gasteiger partial charge in [-0.25, -0.2) is 4.99 Å². The summed E-state index contributed by atoms with van der Waals surface area (Å²) in [6.07, 6.45) is 0. The Morgan fingerprint density at radius 3 is 2.57 bits per heavy atom. The molecule has 0 atom stereocenters. The molecule has 0 bridgehead atoms. The number of fused-ring (bicyclic) bond motifs is 1. The summed E-state index contributed by atoms with van der Waals surface area (Å²) in [5.74, 6) is -0.439. The second-order valence-electron chi connectivity index (χ2n) is 3.97. The van der Waals surface area contributed by atoms with Gasteiger partial charge in [0.05, 0.1) is 5.69 Å². The van der Waals surface area contributed by atoms with Crippen LogP contribution in [0.5, 0.6) is 0 Å². The second kappa shape index (κ2) is 2.67. The molecule has 0 radical (unpaired) electrons. The first-order chi connectivity index (χ1) is 6.53. The molecule has 1 aromatic rings. The number of benzene rings is 1. The fraction of sp³-hybridized carbons (Fsp3) is 0.273. The highest BCUT2D eigenvalue weighted by molar-refractivity contribution is 6.43. The molecule has 0 fully saturated rings. The fourth-order valence-corrected chi connectivity index (χ4v) is 1.85. The molecule has 72 valence electrons. The van der Waals surface area contributed by atoms with Crippen LogP contribution in [0.15, 0.2) is 29.3 Å². The van der Waals surface area contributed by atoms with Gasteiger partial charge in [-0.1, -0.05) is 18.2 Å². The van der Waals surface area contributed by atoms with Gasteiger partial charge in [-0.15, -0.1) is 0 Å². The largest absolute Gasteiger partial charge is 0.365 e. The predicted molar refractivity (Wildman–Crippen MR) is 55.8 cm³/mol. The number of primary amides is 1. The van der Waals surface area contributed by atoms with Gasteiger partial charge in [0.15, 0.2) is 0 Å². The molecule has 1 aromatic carbocycles. The summed E-state index contributed by atoms with van der Waals surface area (Å²) in [5, 5.41) is 0. The van der Waals surface area contributed by atoms with E-state index in [4.69, 9.17) is 5.73 Å². The highest BCUT2D eigenvalue weighted by Gasteiger charge is 2.37. The third-order valence-corrected chi connectivity index (χ3v) is 2.64. The van der Waals surface area contributed by atoms with Crippen LogP contribution >= 0.6 is 0 Å². The van der Waals surface area contributed by atoms with Crippen LogP contribution in [-0.4, -0.2) is 11.6 Å². The number of aliphatic imine (C=N–C) groups is 1. The number of carbonyl (C=O) groups is 1. The molecular weight excluding hydrogens is 176 g/mol. The summed E-state index contributed by atoms with van der Waals surface area (Å²) in [5.41, 5.74) is 7.28. The van der Waals surface area contributed by atoms with E-state index in [1.165, 1.54) is 0 Å². The molecule has 1 aliphatic rings. The highest BCUT2D eigenvalue weighted by Crippen LogP contribution is 2.39. The smallest absolute Gasteiger partial charge is 0.264 e. The van der Waals surface area contributed by atoms with Crippen molar-refractivity contribution in [2.45, 2.75) is 19.3 Å². The van der Waals surface area contributed by atoms with Crippen LogP contribution < -0.4 is 5.73 Å². The van der Waals surface area contributed by atoms with Crippen LogP contribution in [0.3, 0.4) is 0 Å². The van der Waals surface area contributed by atoms with Gasteiger partial charge >= 0.3 is 0 Å². The van der Waals surface area contributed by atoms with Crippen LogP contribution in [0.4, 0.5) is 5.69 Å². The minimum Gasteiger partial charge on any atom is -0.365 e. The maximum Gasteiger partial charge on any atom is 0.264 e. The first kappa shape index (κ1) is 8.94. The SMILES string of the molecule is CC1(C)C(C(N)=O)=Nc2ccccc21. The lowest BCUT2D eigenvalue weighted by Gasteiger charge is -2.19. The predicted octanol–water partition coefficient (Wildman–Crippen LogP) is 1.54. The maximum absolute atomic E-state index is 11.2. The van der Waals surface area contributed by atoms with Crippen molar-refractivity contribution in [2.75, 3.05) is 0 Å². The number of rotatable bonds is 1. The minimum absolute atomic E-state index is 0.359. The molecule has 1 amide bonds. The number of amides is 1. The van der Waals surface area contributed by atoms with Gasteiger partial charge < -0.3 is 5.73 Å². The van der Waals surface area contributed by atoms with Crippen molar-refractivity contribution in [3.8, 4) is 0 Å². The van der Waals surface area contributed by atoms with E-state index in [1.807, 2.05) is 38.1 Å². The summed E-state index contributed by atoms with van der Waals surface area (Å²) in [4.78, 5) is 15.4. The summed E-state index contributed by atoms with van der Waals surface area (Å²) >= 11 is 0. The number of hydrogen-bond acceptors (Lipinski definition) is 2. The second-order valence-corrected chi connectivity index (χ2v) is 3.97. The Balaban J connectivity index is 2.62. The number of para-hydroxylation sites is 1. The summed E-state index contributed by atoms with van der Waals surface area (Å²) in [6, 6.07) is 7.73. The molecule has 1 heterocycles. The zero-order chi connectivity index (χ0) is 10.3. The van der Waals surface area contributed by atoms with Crippen molar-refractivity contribution in [1.29, 1.82) is 0 Å². The molecule has 0 aromatic heterocycles. The molecule has 3 heteroatoms. The van der Waals surface area contributed by atoms with Crippen molar-refractivity contribution in [2.24, 2.45) is 10.7 Å². The van der Waals surface area contributed by atoms with Gasteiger partial charge in [0.1, 0.15) is 5.71 Å². The molecule has 2 rings (SSSR count). The molecule has 0 unspecified atom stereocenters. The van der Waals surface area contributed by atoms with Gasteiger partial charge in [-0.05, 0) is 25.5 Å². The van der Waals surface area contributed by atoms with Crippen molar-refractivity contribution in [1.82, 2.24) is 0 Å². The third kappa shape index (κ3) is 1.05. The van der Waals surface area contributed by atoms with Gasteiger partial charge in [-0.2, -0.15) is 0 Å². The maximum atomic E-state index is 11.2. The fourth-order valence-electron chi connectivity index (χ4n) is 1.85. The average molecular weight is 188 g/mol. The highest BCUT2D eigenvalue weighted by atomic mass is 16.1. The van der Waals surface area contributed by atoms with E-state index in [0.717, 1.165) is 11.3 Å². The molecule has 1 aliphatic heterocycles. The Hall–Kier alpha value is -1.64. The zero-order valence-corrected chi connectivity index (χ0v) is 8.24. The molecule has 0 spiro atoms. The topological polar surface area (TPSA) is 55.5 Å². The molecular formula is C11H12N2O. The monoisotopic (exact) mass is 188 g/mol. The summed E-state index contributed by atoms with van der Waals surface area (Å²) in [6.45, 7) is 3.92. The van der Waals surface area contributed by atoms with Crippen molar-refractivity contribution in [3.05, 3.63) is 29.8 Å². The number of hydrogen-bond donors (Lipinski definition) is 1. The third-order valence-electron chi connectivity index (χ3n) is 2.64. The van der Waals surface area contributed by atoms with Crippen molar-refractivity contribution < 1.29 is 4.79 Å². The first-order valence-corrected chi connectivity index (χ1v) is 4.52. The lowest BCUT2D eigenvalue weighted by molar-refractivity contribution is -0.112. The molecule has 2 N–H and O–H groups in total. The Bertz CT molecular complexity index is 433. The first-order valence-electron chi connectivity index (χ1n) is 4.52. The van der Waals surface area contributed by atoms with E-state index in [-0.39, 0.29) is 5.41 Å². The van der Waals surface area contributed by atoms with Gasteiger partial charge in [0.25, 0.3) is 5.91 Å². The molecule has 14 heavy (non-hydrogen) atoms. The Kier molecular flexibility index (Phi) is 1.71. The molecule has 0 saturated carbocycles. The van der Waals surface area contributed by atoms with Crippen molar-refractivity contribution in [3.63, 3.8) is 0 Å². The Morgan fingerprint density at radius 1 is 1.36 bits per heavy atom. The van der Waals surface area contributed by atoms with E-state index >= 15 is 0 Å². The van der Waals surface area contributed by atoms with E-state index in [1.54, 1.807) is 0 Å². The van der Waals surface area contributed by atoms with Gasteiger partial charge in [0, 0.05) is 5.41 Å². The zero-order valence-electron chi connectivity index (χ0n) is 8.24. The average Bonchev–Trinajstić information content (AvgIpc) is 2.39. The standard InChI is InChI=1S/C11H12N2O/c1-11(2)7-5-3-4-6-8(7)13-9(11)10(12)14/h3-6H,1-2H3,(H2,12,14). The van der Waals surface area contributed by atoms with Crippen LogP contribution in [-0.2, 0) is 10.2 Å². The lowest BCUT2D eigenvalue weighted by Crippen LogP contribution is -2.36. The van der Waals surface area contributed by atoms with Crippen LogP contribution in [0.1, 0.15) is 19.4 Å². The van der Waals surface area contributed by atoms with Crippen molar-refractivity contribution >= 4 is 17.3 Å². The Morgan fingerprint density at radius 2 is 2.00 bits per heavy atom. The normalized spacial score (nSPS) is 17.4. The lowest BCUT2D eigenvalue weighted by atomic mass is 9.81. The number of nitrogens with zero attached hydrogens (tertiary/aromatic N) is 1. The van der Waals surface area contributed by atoms with Gasteiger partial charge in [-0.3, -0.25) is 4.79 Å². The van der Waals surface area contributed by atoms with E-state index in [2.05, 4.69) is 4.99 Å². The van der Waals surface area contributed by atoms with E-state index in [0.29, 0.717) is 5.71 Å². The van der Waals surface area contributed by atoms with Crippen LogP contribution in [0.2, 0.25) is 0 Å². The van der Waals surface area contributed by atoms with E-state index in [9.17, 15) is 4.79 Å². The molecule has 3 nitrogen and oxygen atoms in total. The summed E-state index contributed by atoms with van der Waals surface area (Å²) < 4.78 is 0. The van der Waals surface area contributed by atoms with Crippen LogP contribution in [0.25, 0.3) is 0 Å². The van der Waals surface area contributed by atoms with Gasteiger partial charge in [0.2, 0.25) is 0 Å². The van der Waals surface area contributed by atoms with E-state index < -0.39 is 5.91 Å². The summed E-state index contributed by atoms with van der Waals surface area (Å²) in [7, 11) is 0. The quantitative estimate of drug-likeness (QED) is 0.714. The molecule has 0 saturated heterocycles. The number of nitrogens with two attached hydrogens (primary N) is 1. The molecule has 0 aliphatic carbocycles. The number of carbonyl (C=O) groups excluding carboxylic acids is 1. The minimum atomic E-state index is -0.439. The van der Waals surface area contributed by atoms with Crippen LogP contribution in [0, 0.1) is 0 Å².